The predicted molar refractivity (Wildman–Crippen MR) is 49.6 cm³/mol. The van der Waals surface area contributed by atoms with Gasteiger partial charge in [-0.3, -0.25) is 0 Å². The Morgan fingerprint density at radius 1 is 1.07 bits per heavy atom. The summed E-state index contributed by atoms with van der Waals surface area (Å²) in [5.74, 6) is -3.35. The van der Waals surface area contributed by atoms with Crippen LogP contribution in [0, 0.1) is 0 Å². The minimum Gasteiger partial charge on any atom is -0.549 e. The van der Waals surface area contributed by atoms with Crippen molar-refractivity contribution in [1.82, 2.24) is 0 Å². The van der Waals surface area contributed by atoms with Crippen LogP contribution in [0.3, 0.4) is 0 Å². The molecule has 0 heterocycles. The topological polar surface area (TPSA) is 80.3 Å². The first-order chi connectivity index (χ1) is 6.49. The Kier molecular flexibility index (Phi) is 5.61. The molecule has 0 bridgehead atoms. The second-order valence-electron chi connectivity index (χ2n) is 3.07. The quantitative estimate of drug-likeness (QED) is 0.477. The molecule has 0 unspecified atom stereocenters. The van der Waals surface area contributed by atoms with Crippen molar-refractivity contribution < 1.29 is 19.8 Å². The maximum absolute atomic E-state index is 10.7. The van der Waals surface area contributed by atoms with E-state index in [-0.39, 0.29) is 54.4 Å². The second kappa shape index (κ2) is 5.72. The van der Waals surface area contributed by atoms with Crippen molar-refractivity contribution in [1.29, 1.82) is 0 Å². The van der Waals surface area contributed by atoms with Crippen molar-refractivity contribution in [3.05, 3.63) is 35.9 Å². The summed E-state index contributed by atoms with van der Waals surface area (Å²) in [7, 11) is 0. The Morgan fingerprint density at radius 2 is 1.47 bits per heavy atom. The zero-order chi connectivity index (χ0) is 10.8. The fraction of sp³-hybridized carbons (Fsp3) is 0.200. The molecule has 5 heteroatoms. The van der Waals surface area contributed by atoms with E-state index in [1.807, 2.05) is 0 Å². The summed E-state index contributed by atoms with van der Waals surface area (Å²) in [5, 5.41) is 21.5. The number of carboxylic acid groups (broad SMARTS) is 2. The van der Waals surface area contributed by atoms with Gasteiger partial charge in [-0.15, -0.1) is 0 Å². The van der Waals surface area contributed by atoms with Crippen LogP contribution in [0.2, 0.25) is 0 Å². The minimum atomic E-state index is -2.10. The summed E-state index contributed by atoms with van der Waals surface area (Å²) < 4.78 is 0. The smallest absolute Gasteiger partial charge is 0.549 e. The SMILES string of the molecule is CC(C(=O)[O-])(C(=O)[O-])c1ccccc1.[Ba+2]. The van der Waals surface area contributed by atoms with Crippen molar-refractivity contribution in [2.24, 2.45) is 0 Å². The Hall–Kier alpha value is -0.269. The van der Waals surface area contributed by atoms with Crippen LogP contribution in [-0.4, -0.2) is 60.8 Å². The van der Waals surface area contributed by atoms with Crippen LogP contribution < -0.4 is 10.2 Å². The monoisotopic (exact) mass is 330 g/mol. The summed E-state index contributed by atoms with van der Waals surface area (Å²) in [5.41, 5.74) is -1.96. The van der Waals surface area contributed by atoms with E-state index >= 15 is 0 Å². The first-order valence-electron chi connectivity index (χ1n) is 3.98. The first kappa shape index (κ1) is 14.7. The predicted octanol–water partition coefficient (Wildman–Crippen LogP) is -1.94. The summed E-state index contributed by atoms with van der Waals surface area (Å²) >= 11 is 0. The standard InChI is InChI=1S/C10H10O4.Ba/c1-10(8(11)12,9(13)14)7-5-3-2-4-6-7;/h2-6H,1H3,(H,11,12)(H,13,14);/q;+2/p-2. The molecule has 74 valence electrons. The van der Waals surface area contributed by atoms with Crippen molar-refractivity contribution in [2.45, 2.75) is 12.3 Å². The molecule has 0 radical (unpaired) electrons. The normalized spacial score (nSPS) is 10.2. The molecule has 0 atom stereocenters. The Balaban J connectivity index is 0.00000196. The Bertz CT molecular complexity index is 347. The van der Waals surface area contributed by atoms with Crippen molar-refractivity contribution in [2.75, 3.05) is 0 Å². The maximum Gasteiger partial charge on any atom is 2.00 e. The van der Waals surface area contributed by atoms with E-state index in [1.54, 1.807) is 18.2 Å². The molecule has 1 aromatic carbocycles. The Morgan fingerprint density at radius 3 is 1.80 bits per heavy atom. The third kappa shape index (κ3) is 2.85. The van der Waals surface area contributed by atoms with Gasteiger partial charge in [0.2, 0.25) is 0 Å². The summed E-state index contributed by atoms with van der Waals surface area (Å²) in [6.45, 7) is 1.05. The van der Waals surface area contributed by atoms with Crippen LogP contribution in [0.4, 0.5) is 0 Å². The average molecular weight is 329 g/mol. The van der Waals surface area contributed by atoms with E-state index in [9.17, 15) is 19.8 Å². The van der Waals surface area contributed by atoms with Gasteiger partial charge in [0, 0.05) is 0 Å². The molecular weight excluding hydrogens is 321 g/mol. The van der Waals surface area contributed by atoms with Crippen LogP contribution in [0.5, 0.6) is 0 Å². The molecule has 1 aromatic rings. The van der Waals surface area contributed by atoms with Gasteiger partial charge in [-0.2, -0.15) is 0 Å². The number of carboxylic acids is 2. The van der Waals surface area contributed by atoms with Gasteiger partial charge in [0.1, 0.15) is 0 Å². The molecule has 0 aromatic heterocycles. The fourth-order valence-electron chi connectivity index (χ4n) is 1.09. The van der Waals surface area contributed by atoms with Crippen molar-refractivity contribution in [3.63, 3.8) is 0 Å². The molecule has 0 aliphatic heterocycles. The van der Waals surface area contributed by atoms with Crippen LogP contribution in [0.25, 0.3) is 0 Å². The van der Waals surface area contributed by atoms with Crippen LogP contribution in [0.1, 0.15) is 12.5 Å². The van der Waals surface area contributed by atoms with Gasteiger partial charge in [-0.25, -0.2) is 0 Å². The summed E-state index contributed by atoms with van der Waals surface area (Å²) in [6.07, 6.45) is 0. The van der Waals surface area contributed by atoms with Gasteiger partial charge in [0.15, 0.2) is 0 Å². The summed E-state index contributed by atoms with van der Waals surface area (Å²) in [4.78, 5) is 21.5. The van der Waals surface area contributed by atoms with E-state index in [4.69, 9.17) is 0 Å². The maximum atomic E-state index is 10.7. The van der Waals surface area contributed by atoms with E-state index in [0.717, 1.165) is 6.92 Å². The molecule has 0 N–H and O–H groups in total. The van der Waals surface area contributed by atoms with Gasteiger partial charge in [0.05, 0.1) is 17.4 Å². The minimum absolute atomic E-state index is 0. The van der Waals surface area contributed by atoms with Crippen molar-refractivity contribution >= 4 is 60.8 Å². The molecule has 15 heavy (non-hydrogen) atoms. The van der Waals surface area contributed by atoms with E-state index in [1.165, 1.54) is 12.1 Å². The molecule has 0 aliphatic carbocycles. The van der Waals surface area contributed by atoms with Crippen molar-refractivity contribution in [3.8, 4) is 0 Å². The van der Waals surface area contributed by atoms with Gasteiger partial charge in [-0.05, 0) is 12.5 Å². The fourth-order valence-corrected chi connectivity index (χ4v) is 1.09. The van der Waals surface area contributed by atoms with Crippen LogP contribution in [-0.2, 0) is 15.0 Å². The van der Waals surface area contributed by atoms with Gasteiger partial charge < -0.3 is 19.8 Å². The number of carbonyl (C=O) groups excluding carboxylic acids is 2. The molecule has 4 nitrogen and oxygen atoms in total. The number of hydrogen-bond acceptors (Lipinski definition) is 4. The molecule has 0 saturated heterocycles. The average Bonchev–Trinajstić information content (AvgIpc) is 2.17. The van der Waals surface area contributed by atoms with Crippen LogP contribution >= 0.6 is 0 Å². The summed E-state index contributed by atoms with van der Waals surface area (Å²) in [6, 6.07) is 7.59. The second-order valence-corrected chi connectivity index (χ2v) is 3.07. The molecule has 0 amide bonds. The first-order valence-corrected chi connectivity index (χ1v) is 3.98. The molecular formula is C10H8BaO4. The molecule has 0 saturated carbocycles. The molecule has 1 rings (SSSR count). The number of carbonyl (C=O) groups is 2. The zero-order valence-corrected chi connectivity index (χ0v) is 12.7. The molecule has 0 fully saturated rings. The number of rotatable bonds is 3. The third-order valence-corrected chi connectivity index (χ3v) is 2.17. The van der Waals surface area contributed by atoms with Crippen LogP contribution in [0.15, 0.2) is 30.3 Å². The van der Waals surface area contributed by atoms with Gasteiger partial charge >= 0.3 is 48.9 Å². The number of hydrogen-bond donors (Lipinski definition) is 0. The van der Waals surface area contributed by atoms with Gasteiger partial charge in [-0.1, -0.05) is 30.3 Å². The van der Waals surface area contributed by atoms with E-state index < -0.39 is 17.4 Å². The number of aliphatic carboxylic acids is 2. The molecule has 0 aliphatic rings. The zero-order valence-electron chi connectivity index (χ0n) is 8.23. The van der Waals surface area contributed by atoms with E-state index in [2.05, 4.69) is 0 Å². The number of benzene rings is 1. The van der Waals surface area contributed by atoms with E-state index in [0.29, 0.717) is 0 Å². The molecule has 0 spiro atoms. The van der Waals surface area contributed by atoms with Gasteiger partial charge in [0.25, 0.3) is 0 Å². The third-order valence-electron chi connectivity index (χ3n) is 2.17. The Labute approximate surface area is 127 Å². The largest absolute Gasteiger partial charge is 2.00 e.